The van der Waals surface area contributed by atoms with Gasteiger partial charge in [-0.3, -0.25) is 9.78 Å². The third kappa shape index (κ3) is 2.16. The largest absolute Gasteiger partial charge is 0.480 e. The van der Waals surface area contributed by atoms with Crippen molar-refractivity contribution in [1.82, 2.24) is 9.29 Å². The van der Waals surface area contributed by atoms with Gasteiger partial charge in [-0.25, -0.2) is 8.42 Å². The van der Waals surface area contributed by atoms with Crippen LogP contribution in [0.2, 0.25) is 0 Å². The number of rotatable bonds is 3. The summed E-state index contributed by atoms with van der Waals surface area (Å²) in [5, 5.41) is 8.97. The Morgan fingerprint density at radius 2 is 2.29 bits per heavy atom. The number of hydrogen-bond donors (Lipinski definition) is 1. The molecule has 7 heteroatoms. The summed E-state index contributed by atoms with van der Waals surface area (Å²) in [7, 11) is -3.74. The minimum absolute atomic E-state index is 0.0353. The number of aromatic nitrogens is 1. The van der Waals surface area contributed by atoms with E-state index in [4.69, 9.17) is 5.11 Å². The first kappa shape index (κ1) is 12.0. The molecule has 1 N–H and O–H groups in total. The smallest absolute Gasteiger partial charge is 0.322 e. The number of nitrogens with zero attached hydrogens (tertiary/aromatic N) is 2. The molecule has 1 fully saturated rings. The molecule has 6 nitrogen and oxygen atoms in total. The Bertz CT molecular complexity index is 514. The van der Waals surface area contributed by atoms with Crippen molar-refractivity contribution >= 4 is 16.0 Å². The standard InChI is InChI=1S/C10H12N2O4S/c13-10(14)9-4-2-6-12(9)17(15,16)8-3-1-5-11-7-8/h1,3,5,7,9H,2,4,6H2,(H,13,14)/t9-/m1/s1. The van der Waals surface area contributed by atoms with E-state index in [0.29, 0.717) is 12.8 Å². The molecule has 17 heavy (non-hydrogen) atoms. The maximum absolute atomic E-state index is 12.2. The predicted octanol–water partition coefficient (Wildman–Crippen LogP) is 0.319. The van der Waals surface area contributed by atoms with E-state index in [1.165, 1.54) is 24.5 Å². The zero-order chi connectivity index (χ0) is 12.5. The summed E-state index contributed by atoms with van der Waals surface area (Å²) in [5.41, 5.74) is 0. The Hall–Kier alpha value is -1.47. The van der Waals surface area contributed by atoms with E-state index in [1.54, 1.807) is 0 Å². The molecule has 1 aliphatic heterocycles. The van der Waals surface area contributed by atoms with E-state index in [9.17, 15) is 13.2 Å². The lowest BCUT2D eigenvalue weighted by molar-refractivity contribution is -0.140. The summed E-state index contributed by atoms with van der Waals surface area (Å²) in [6, 6.07) is 1.97. The Labute approximate surface area is 98.9 Å². The summed E-state index contributed by atoms with van der Waals surface area (Å²) in [6.07, 6.45) is 3.62. The zero-order valence-corrected chi connectivity index (χ0v) is 9.80. The third-order valence-electron chi connectivity index (χ3n) is 2.73. The minimum Gasteiger partial charge on any atom is -0.480 e. The van der Waals surface area contributed by atoms with Crippen molar-refractivity contribution in [2.45, 2.75) is 23.8 Å². The average molecular weight is 256 g/mol. The highest BCUT2D eigenvalue weighted by atomic mass is 32.2. The highest BCUT2D eigenvalue weighted by Gasteiger charge is 2.39. The van der Waals surface area contributed by atoms with Gasteiger partial charge in [-0.05, 0) is 25.0 Å². The summed E-state index contributed by atoms with van der Waals surface area (Å²) in [4.78, 5) is 14.7. The Morgan fingerprint density at radius 1 is 1.53 bits per heavy atom. The highest BCUT2D eigenvalue weighted by Crippen LogP contribution is 2.25. The maximum atomic E-state index is 12.2. The number of aliphatic carboxylic acids is 1. The van der Waals surface area contributed by atoms with Crippen LogP contribution in [0.5, 0.6) is 0 Å². The van der Waals surface area contributed by atoms with E-state index in [2.05, 4.69) is 4.98 Å². The first-order valence-corrected chi connectivity index (χ1v) is 6.62. The van der Waals surface area contributed by atoms with E-state index in [-0.39, 0.29) is 11.4 Å². The number of hydrogen-bond acceptors (Lipinski definition) is 4. The molecular formula is C10H12N2O4S. The molecule has 0 aliphatic carbocycles. The van der Waals surface area contributed by atoms with Crippen molar-refractivity contribution in [2.75, 3.05) is 6.54 Å². The number of pyridine rings is 1. The van der Waals surface area contributed by atoms with Crippen LogP contribution in [0.3, 0.4) is 0 Å². The summed E-state index contributed by atoms with van der Waals surface area (Å²) < 4.78 is 25.4. The Kier molecular flexibility index (Phi) is 3.12. The fraction of sp³-hybridized carbons (Fsp3) is 0.400. The molecule has 0 spiro atoms. The molecule has 0 radical (unpaired) electrons. The van der Waals surface area contributed by atoms with Crippen molar-refractivity contribution in [3.05, 3.63) is 24.5 Å². The molecule has 1 aliphatic rings. The van der Waals surface area contributed by atoms with Gasteiger partial charge in [0, 0.05) is 18.9 Å². The third-order valence-corrected chi connectivity index (χ3v) is 4.62. The number of carbonyl (C=O) groups is 1. The Morgan fingerprint density at radius 3 is 2.88 bits per heavy atom. The summed E-state index contributed by atoms with van der Waals surface area (Å²) in [5.74, 6) is -1.10. The van der Waals surface area contributed by atoms with Crippen LogP contribution >= 0.6 is 0 Å². The summed E-state index contributed by atoms with van der Waals surface area (Å²) in [6.45, 7) is 0.244. The van der Waals surface area contributed by atoms with E-state index >= 15 is 0 Å². The van der Waals surface area contributed by atoms with Gasteiger partial charge >= 0.3 is 5.97 Å². The van der Waals surface area contributed by atoms with Gasteiger partial charge < -0.3 is 5.11 Å². The predicted molar refractivity (Wildman–Crippen MR) is 58.8 cm³/mol. The van der Waals surface area contributed by atoms with Crippen LogP contribution in [0, 0.1) is 0 Å². The molecule has 2 rings (SSSR count). The molecule has 0 unspecified atom stereocenters. The fourth-order valence-electron chi connectivity index (χ4n) is 1.91. The first-order chi connectivity index (χ1) is 8.03. The van der Waals surface area contributed by atoms with Gasteiger partial charge in [-0.2, -0.15) is 4.31 Å². The van der Waals surface area contributed by atoms with Crippen LogP contribution < -0.4 is 0 Å². The number of carboxylic acids is 1. The minimum atomic E-state index is -3.74. The molecule has 0 bridgehead atoms. The fourth-order valence-corrected chi connectivity index (χ4v) is 3.53. The summed E-state index contributed by atoms with van der Waals surface area (Å²) >= 11 is 0. The van der Waals surface area contributed by atoms with E-state index < -0.39 is 22.0 Å². The lowest BCUT2D eigenvalue weighted by atomic mass is 10.2. The molecule has 0 amide bonds. The number of carboxylic acid groups (broad SMARTS) is 1. The average Bonchev–Trinajstić information content (AvgIpc) is 2.80. The van der Waals surface area contributed by atoms with Crippen LogP contribution in [0.1, 0.15) is 12.8 Å². The topological polar surface area (TPSA) is 87.6 Å². The van der Waals surface area contributed by atoms with Gasteiger partial charge in [0.05, 0.1) is 0 Å². The van der Waals surface area contributed by atoms with Gasteiger partial charge in [0.2, 0.25) is 10.0 Å². The lowest BCUT2D eigenvalue weighted by Gasteiger charge is -2.20. The SMILES string of the molecule is O=C(O)[C@H]1CCCN1S(=O)(=O)c1cccnc1. The van der Waals surface area contributed by atoms with Crippen LogP contribution in [0.15, 0.2) is 29.4 Å². The molecule has 1 aromatic heterocycles. The lowest BCUT2D eigenvalue weighted by Crippen LogP contribution is -2.40. The van der Waals surface area contributed by atoms with Crippen molar-refractivity contribution in [3.8, 4) is 0 Å². The van der Waals surface area contributed by atoms with Crippen molar-refractivity contribution in [1.29, 1.82) is 0 Å². The Balaban J connectivity index is 2.37. The van der Waals surface area contributed by atoms with Crippen LogP contribution in [-0.4, -0.2) is 41.4 Å². The van der Waals surface area contributed by atoms with Gasteiger partial charge in [-0.1, -0.05) is 0 Å². The van der Waals surface area contributed by atoms with Crippen molar-refractivity contribution < 1.29 is 18.3 Å². The van der Waals surface area contributed by atoms with Crippen molar-refractivity contribution in [3.63, 3.8) is 0 Å². The second-order valence-electron chi connectivity index (χ2n) is 3.80. The molecule has 92 valence electrons. The van der Waals surface area contributed by atoms with E-state index in [1.807, 2.05) is 0 Å². The molecule has 2 heterocycles. The van der Waals surface area contributed by atoms with Gasteiger partial charge in [0.1, 0.15) is 10.9 Å². The van der Waals surface area contributed by atoms with Crippen molar-refractivity contribution in [2.24, 2.45) is 0 Å². The van der Waals surface area contributed by atoms with E-state index in [0.717, 1.165) is 4.31 Å². The van der Waals surface area contributed by atoms with Gasteiger partial charge in [0.15, 0.2) is 0 Å². The van der Waals surface area contributed by atoms with Gasteiger partial charge in [0.25, 0.3) is 0 Å². The maximum Gasteiger partial charge on any atom is 0.322 e. The first-order valence-electron chi connectivity index (χ1n) is 5.18. The molecular weight excluding hydrogens is 244 g/mol. The van der Waals surface area contributed by atoms with Crippen LogP contribution in [0.25, 0.3) is 0 Å². The zero-order valence-electron chi connectivity index (χ0n) is 8.98. The highest BCUT2D eigenvalue weighted by molar-refractivity contribution is 7.89. The van der Waals surface area contributed by atoms with Gasteiger partial charge in [-0.15, -0.1) is 0 Å². The van der Waals surface area contributed by atoms with Crippen LogP contribution in [-0.2, 0) is 14.8 Å². The molecule has 1 saturated heterocycles. The van der Waals surface area contributed by atoms with Crippen LogP contribution in [0.4, 0.5) is 0 Å². The quantitative estimate of drug-likeness (QED) is 0.841. The molecule has 0 aromatic carbocycles. The molecule has 1 aromatic rings. The second kappa shape index (κ2) is 4.42. The monoisotopic (exact) mass is 256 g/mol. The number of sulfonamides is 1. The molecule has 0 saturated carbocycles. The normalized spacial score (nSPS) is 21.5. The molecule has 1 atom stereocenters. The second-order valence-corrected chi connectivity index (χ2v) is 5.69.